The lowest BCUT2D eigenvalue weighted by Gasteiger charge is -2.22. The van der Waals surface area contributed by atoms with E-state index in [9.17, 15) is 5.11 Å². The zero-order valence-corrected chi connectivity index (χ0v) is 7.89. The number of allylic oxidation sites excluding steroid dienone is 1. The molecule has 0 amide bonds. The first kappa shape index (κ1) is 9.71. The highest BCUT2D eigenvalue weighted by atomic mass is 16.7. The van der Waals surface area contributed by atoms with Crippen LogP contribution in [0.1, 0.15) is 0 Å². The van der Waals surface area contributed by atoms with Crippen LogP contribution < -0.4 is 0 Å². The summed E-state index contributed by atoms with van der Waals surface area (Å²) in [7, 11) is 0. The number of hydrogen-bond donors (Lipinski definition) is 1. The Morgan fingerprint density at radius 2 is 1.79 bits per heavy atom. The van der Waals surface area contributed by atoms with Crippen LogP contribution in [0.3, 0.4) is 0 Å². The molecule has 0 radical (unpaired) electrons. The molecular weight excluding hydrogens is 184 g/mol. The molecule has 0 aromatic heterocycles. The summed E-state index contributed by atoms with van der Waals surface area (Å²) in [5.74, 6) is 0.754. The van der Waals surface area contributed by atoms with Gasteiger partial charge in [-0.25, -0.2) is 0 Å². The van der Waals surface area contributed by atoms with Gasteiger partial charge in [0.1, 0.15) is 19.3 Å². The SMILES string of the molecule is OC1=CC2COCOCOCC2C=C1. The maximum Gasteiger partial charge on any atom is 0.149 e. The zero-order valence-electron chi connectivity index (χ0n) is 7.89. The first-order valence-electron chi connectivity index (χ1n) is 4.68. The fraction of sp³-hybridized carbons (Fsp3) is 0.600. The van der Waals surface area contributed by atoms with Crippen LogP contribution >= 0.6 is 0 Å². The Kier molecular flexibility index (Phi) is 3.18. The summed E-state index contributed by atoms with van der Waals surface area (Å²) >= 11 is 0. The van der Waals surface area contributed by atoms with Crippen LogP contribution in [-0.4, -0.2) is 31.9 Å². The van der Waals surface area contributed by atoms with E-state index in [2.05, 4.69) is 0 Å². The lowest BCUT2D eigenvalue weighted by molar-refractivity contribution is -0.122. The predicted octanol–water partition coefficient (Wildman–Crippen LogP) is 1.21. The van der Waals surface area contributed by atoms with Crippen molar-refractivity contribution in [2.45, 2.75) is 0 Å². The molecule has 1 saturated heterocycles. The molecule has 1 aliphatic heterocycles. The van der Waals surface area contributed by atoms with Gasteiger partial charge in [0.2, 0.25) is 0 Å². The number of fused-ring (bicyclic) bond motifs is 1. The molecule has 0 aromatic carbocycles. The highest BCUT2D eigenvalue weighted by Gasteiger charge is 2.22. The van der Waals surface area contributed by atoms with Crippen molar-refractivity contribution in [1.82, 2.24) is 0 Å². The van der Waals surface area contributed by atoms with E-state index in [1.807, 2.05) is 6.08 Å². The molecule has 2 atom stereocenters. The fourth-order valence-corrected chi connectivity index (χ4v) is 1.63. The first-order valence-corrected chi connectivity index (χ1v) is 4.68. The van der Waals surface area contributed by atoms with Gasteiger partial charge in [0.05, 0.1) is 13.2 Å². The topological polar surface area (TPSA) is 47.9 Å². The zero-order chi connectivity index (χ0) is 9.80. The van der Waals surface area contributed by atoms with Gasteiger partial charge in [-0.2, -0.15) is 0 Å². The molecule has 4 heteroatoms. The molecule has 14 heavy (non-hydrogen) atoms. The third kappa shape index (κ3) is 2.35. The average Bonchev–Trinajstić information content (AvgIpc) is 2.29. The van der Waals surface area contributed by atoms with Gasteiger partial charge in [-0.05, 0) is 12.2 Å². The first-order chi connectivity index (χ1) is 6.86. The largest absolute Gasteiger partial charge is 0.508 e. The molecule has 1 fully saturated rings. The molecule has 0 spiro atoms. The van der Waals surface area contributed by atoms with E-state index in [0.29, 0.717) is 19.0 Å². The van der Waals surface area contributed by atoms with Gasteiger partial charge in [0.15, 0.2) is 0 Å². The van der Waals surface area contributed by atoms with E-state index in [0.717, 1.165) is 0 Å². The van der Waals surface area contributed by atoms with E-state index in [1.165, 1.54) is 0 Å². The predicted molar refractivity (Wildman–Crippen MR) is 49.6 cm³/mol. The molecule has 78 valence electrons. The van der Waals surface area contributed by atoms with Crippen molar-refractivity contribution in [2.24, 2.45) is 11.8 Å². The Labute approximate surface area is 82.8 Å². The number of aliphatic hydroxyl groups excluding tert-OH is 1. The van der Waals surface area contributed by atoms with E-state index in [1.54, 1.807) is 12.2 Å². The second kappa shape index (κ2) is 4.59. The third-order valence-corrected chi connectivity index (χ3v) is 2.40. The van der Waals surface area contributed by atoms with Gasteiger partial charge in [-0.15, -0.1) is 0 Å². The van der Waals surface area contributed by atoms with Gasteiger partial charge < -0.3 is 19.3 Å². The normalized spacial score (nSPS) is 33.6. The summed E-state index contributed by atoms with van der Waals surface area (Å²) < 4.78 is 15.6. The summed E-state index contributed by atoms with van der Waals surface area (Å²) in [6, 6.07) is 0. The number of aliphatic hydroxyl groups is 1. The molecule has 1 N–H and O–H groups in total. The van der Waals surface area contributed by atoms with Crippen molar-refractivity contribution >= 4 is 0 Å². The molecule has 4 nitrogen and oxygen atoms in total. The van der Waals surface area contributed by atoms with Crippen molar-refractivity contribution in [3.63, 3.8) is 0 Å². The van der Waals surface area contributed by atoms with Gasteiger partial charge in [-0.1, -0.05) is 6.08 Å². The van der Waals surface area contributed by atoms with Crippen LogP contribution in [0.2, 0.25) is 0 Å². The fourth-order valence-electron chi connectivity index (χ4n) is 1.63. The highest BCUT2D eigenvalue weighted by Crippen LogP contribution is 2.23. The minimum atomic E-state index is 0.182. The molecule has 2 rings (SSSR count). The second-order valence-corrected chi connectivity index (χ2v) is 3.46. The summed E-state index contributed by atoms with van der Waals surface area (Å²) in [6.07, 6.45) is 5.46. The molecule has 0 bridgehead atoms. The van der Waals surface area contributed by atoms with Crippen molar-refractivity contribution in [3.05, 3.63) is 24.0 Å². The lowest BCUT2D eigenvalue weighted by Crippen LogP contribution is -2.22. The molecule has 2 unspecified atom stereocenters. The van der Waals surface area contributed by atoms with Crippen LogP contribution in [0.4, 0.5) is 0 Å². The summed E-state index contributed by atoms with van der Waals surface area (Å²) in [4.78, 5) is 0. The van der Waals surface area contributed by atoms with Crippen LogP contribution in [0, 0.1) is 11.8 Å². The molecule has 0 saturated carbocycles. The Morgan fingerprint density at radius 3 is 2.57 bits per heavy atom. The third-order valence-electron chi connectivity index (χ3n) is 2.40. The van der Waals surface area contributed by atoms with Crippen LogP contribution in [0.15, 0.2) is 24.0 Å². The summed E-state index contributed by atoms with van der Waals surface area (Å²) in [6.45, 7) is 1.69. The van der Waals surface area contributed by atoms with Crippen molar-refractivity contribution in [1.29, 1.82) is 0 Å². The Bertz CT molecular complexity index is 247. The number of hydrogen-bond acceptors (Lipinski definition) is 4. The monoisotopic (exact) mass is 198 g/mol. The maximum absolute atomic E-state index is 9.33. The minimum Gasteiger partial charge on any atom is -0.508 e. The van der Waals surface area contributed by atoms with E-state index in [-0.39, 0.29) is 25.4 Å². The van der Waals surface area contributed by atoms with Crippen LogP contribution in [-0.2, 0) is 14.2 Å². The highest BCUT2D eigenvalue weighted by molar-refractivity contribution is 5.19. The number of ether oxygens (including phenoxy) is 3. The molecular formula is C10H14O4. The summed E-state index contributed by atoms with van der Waals surface area (Å²) in [5.41, 5.74) is 0. The number of rotatable bonds is 0. The van der Waals surface area contributed by atoms with Gasteiger partial charge in [0, 0.05) is 11.8 Å². The van der Waals surface area contributed by atoms with Crippen LogP contribution in [0.25, 0.3) is 0 Å². The Morgan fingerprint density at radius 1 is 1.07 bits per heavy atom. The Hall–Kier alpha value is -0.840. The minimum absolute atomic E-state index is 0.182. The standard InChI is InChI=1S/C10H14O4/c11-10-2-1-8-4-12-6-14-7-13-5-9(8)3-10/h1-3,8-9,11H,4-7H2. The molecule has 1 heterocycles. The quantitative estimate of drug-likeness (QED) is 0.635. The van der Waals surface area contributed by atoms with E-state index < -0.39 is 0 Å². The van der Waals surface area contributed by atoms with Gasteiger partial charge in [0.25, 0.3) is 0 Å². The maximum atomic E-state index is 9.33. The Balaban J connectivity index is 2.03. The van der Waals surface area contributed by atoms with E-state index in [4.69, 9.17) is 14.2 Å². The molecule has 1 aliphatic carbocycles. The lowest BCUT2D eigenvalue weighted by atomic mass is 9.89. The molecule has 2 aliphatic rings. The summed E-state index contributed by atoms with van der Waals surface area (Å²) in [5, 5.41) is 9.33. The van der Waals surface area contributed by atoms with Gasteiger partial charge in [-0.3, -0.25) is 0 Å². The van der Waals surface area contributed by atoms with Crippen molar-refractivity contribution < 1.29 is 19.3 Å². The van der Waals surface area contributed by atoms with Gasteiger partial charge >= 0.3 is 0 Å². The van der Waals surface area contributed by atoms with Crippen molar-refractivity contribution in [3.8, 4) is 0 Å². The average molecular weight is 198 g/mol. The van der Waals surface area contributed by atoms with E-state index >= 15 is 0 Å². The molecule has 0 aromatic rings. The smallest absolute Gasteiger partial charge is 0.149 e. The van der Waals surface area contributed by atoms with Crippen molar-refractivity contribution in [2.75, 3.05) is 26.8 Å². The second-order valence-electron chi connectivity index (χ2n) is 3.46. The van der Waals surface area contributed by atoms with Crippen LogP contribution in [0.5, 0.6) is 0 Å².